The van der Waals surface area contributed by atoms with Gasteiger partial charge in [0.25, 0.3) is 0 Å². The first-order chi connectivity index (χ1) is 6.90. The second-order valence-electron chi connectivity index (χ2n) is 4.67. The second kappa shape index (κ2) is 4.90. The summed E-state index contributed by atoms with van der Waals surface area (Å²) in [7, 11) is -1.20. The van der Waals surface area contributed by atoms with Crippen LogP contribution in [0.5, 0.6) is 0 Å². The van der Waals surface area contributed by atoms with Gasteiger partial charge in [0.05, 0.1) is 13.1 Å². The molecule has 0 fully saturated rings. The molecule has 0 unspecified atom stereocenters. The molecule has 0 aliphatic heterocycles. The van der Waals surface area contributed by atoms with Crippen molar-refractivity contribution in [3.63, 3.8) is 0 Å². The Balaban J connectivity index is 2.77. The molecule has 1 aromatic rings. The highest BCUT2D eigenvalue weighted by atomic mass is 35.5. The molecule has 1 aromatic carbocycles. The molecule has 0 aliphatic carbocycles. The number of aliphatic imine (C=N–C) groups is 1. The molecule has 0 heterocycles. The zero-order valence-corrected chi connectivity index (χ0v) is 11.0. The molecule has 0 saturated carbocycles. The molecule has 0 radical (unpaired) electrons. The highest BCUT2D eigenvalue weighted by Crippen LogP contribution is 2.16. The van der Waals surface area contributed by atoms with Gasteiger partial charge in [-0.3, -0.25) is 4.99 Å². The smallest absolute Gasteiger partial charge is 0.150 e. The molecule has 0 atom stereocenters. The van der Waals surface area contributed by atoms with Crippen LogP contribution in [0.2, 0.25) is 24.7 Å². The van der Waals surface area contributed by atoms with Crippen molar-refractivity contribution >= 4 is 25.9 Å². The summed E-state index contributed by atoms with van der Waals surface area (Å²) in [5.74, 6) is -0.390. The van der Waals surface area contributed by atoms with Gasteiger partial charge in [0.2, 0.25) is 0 Å². The zero-order chi connectivity index (χ0) is 11.5. The molecule has 0 spiro atoms. The van der Waals surface area contributed by atoms with E-state index >= 15 is 0 Å². The van der Waals surface area contributed by atoms with Gasteiger partial charge in [-0.1, -0.05) is 43.4 Å². The lowest BCUT2D eigenvalue weighted by atomic mass is 10.2. The molecule has 0 bridgehead atoms. The molecule has 1 rings (SSSR count). The Labute approximate surface area is 96.0 Å². The van der Waals surface area contributed by atoms with E-state index in [9.17, 15) is 4.39 Å². The van der Waals surface area contributed by atoms with Crippen molar-refractivity contribution in [2.45, 2.75) is 19.6 Å². The third kappa shape index (κ3) is 4.14. The maximum Gasteiger partial charge on any atom is 0.150 e. The second-order valence-corrected chi connectivity index (χ2v) is 10.5. The van der Waals surface area contributed by atoms with Crippen LogP contribution in [0.15, 0.2) is 23.2 Å². The minimum absolute atomic E-state index is 0.145. The Kier molecular flexibility index (Phi) is 4.05. The molecule has 1 nitrogen and oxygen atoms in total. The lowest BCUT2D eigenvalue weighted by Gasteiger charge is -2.10. The van der Waals surface area contributed by atoms with Crippen molar-refractivity contribution in [2.75, 3.05) is 6.17 Å². The number of nitrogens with zero attached hydrogens (tertiary/aromatic N) is 1. The minimum atomic E-state index is -1.20. The highest BCUT2D eigenvalue weighted by molar-refractivity contribution is 6.76. The van der Waals surface area contributed by atoms with Crippen LogP contribution in [-0.2, 0) is 0 Å². The average Bonchev–Trinajstić information content (AvgIpc) is 2.10. The zero-order valence-electron chi connectivity index (χ0n) is 9.22. The third-order valence-corrected chi connectivity index (χ3v) is 3.20. The molecule has 0 amide bonds. The molecule has 15 heavy (non-hydrogen) atoms. The number of halogens is 2. The Bertz CT molecular complexity index is 371. The van der Waals surface area contributed by atoms with Gasteiger partial charge in [0.1, 0.15) is 0 Å². The van der Waals surface area contributed by atoms with Crippen LogP contribution in [0.25, 0.3) is 0 Å². The van der Waals surface area contributed by atoms with Gasteiger partial charge in [-0.2, -0.15) is 0 Å². The predicted molar refractivity (Wildman–Crippen MR) is 67.2 cm³/mol. The molecule has 0 saturated heterocycles. The summed E-state index contributed by atoms with van der Waals surface area (Å²) < 4.78 is 13.4. The van der Waals surface area contributed by atoms with Gasteiger partial charge in [-0.25, -0.2) is 4.39 Å². The predicted octanol–water partition coefficient (Wildman–Crippen LogP) is 3.78. The van der Waals surface area contributed by atoms with E-state index in [2.05, 4.69) is 24.6 Å². The van der Waals surface area contributed by atoms with Crippen LogP contribution in [0.1, 0.15) is 5.56 Å². The number of benzene rings is 1. The van der Waals surface area contributed by atoms with Gasteiger partial charge in [0.15, 0.2) is 5.82 Å². The quantitative estimate of drug-likeness (QED) is 0.566. The lowest BCUT2D eigenvalue weighted by Crippen LogP contribution is -2.24. The van der Waals surface area contributed by atoms with Crippen LogP contribution in [0, 0.1) is 5.82 Å². The van der Waals surface area contributed by atoms with E-state index in [1.807, 2.05) is 0 Å². The van der Waals surface area contributed by atoms with Crippen LogP contribution >= 0.6 is 11.6 Å². The summed E-state index contributed by atoms with van der Waals surface area (Å²) in [4.78, 5) is 4.25. The summed E-state index contributed by atoms with van der Waals surface area (Å²) in [6.45, 7) is 6.66. The molecule has 0 aromatic heterocycles. The summed E-state index contributed by atoms with van der Waals surface area (Å²) in [6.07, 6.45) is 2.37. The summed E-state index contributed by atoms with van der Waals surface area (Å²) >= 11 is 5.65. The molecule has 82 valence electrons. The van der Waals surface area contributed by atoms with Crippen LogP contribution in [0.4, 0.5) is 4.39 Å². The number of hydrogen-bond donors (Lipinski definition) is 0. The van der Waals surface area contributed by atoms with E-state index < -0.39 is 13.9 Å². The third-order valence-electron chi connectivity index (χ3n) is 1.78. The maximum atomic E-state index is 13.4. The van der Waals surface area contributed by atoms with Gasteiger partial charge in [-0.15, -0.1) is 0 Å². The van der Waals surface area contributed by atoms with Gasteiger partial charge >= 0.3 is 0 Å². The average molecular weight is 244 g/mol. The van der Waals surface area contributed by atoms with E-state index in [0.29, 0.717) is 5.56 Å². The van der Waals surface area contributed by atoms with Crippen molar-refractivity contribution in [3.05, 3.63) is 34.6 Å². The summed E-state index contributed by atoms with van der Waals surface area (Å²) in [6, 6.07) is 4.93. The molecule has 0 aliphatic rings. The monoisotopic (exact) mass is 243 g/mol. The van der Waals surface area contributed by atoms with Crippen molar-refractivity contribution < 1.29 is 4.39 Å². The summed E-state index contributed by atoms with van der Waals surface area (Å²) in [5, 5.41) is 0.145. The first kappa shape index (κ1) is 12.4. The Morgan fingerprint density at radius 2 is 2.07 bits per heavy atom. The lowest BCUT2D eigenvalue weighted by molar-refractivity contribution is 0.626. The fraction of sp³-hybridized carbons (Fsp3) is 0.364. The van der Waals surface area contributed by atoms with Gasteiger partial charge in [-0.05, 0) is 6.07 Å². The van der Waals surface area contributed by atoms with Crippen molar-refractivity contribution in [3.8, 4) is 0 Å². The summed E-state index contributed by atoms with van der Waals surface area (Å²) in [5.41, 5.74) is 0.459. The van der Waals surface area contributed by atoms with Gasteiger partial charge < -0.3 is 0 Å². The van der Waals surface area contributed by atoms with Gasteiger partial charge in [0, 0.05) is 17.9 Å². The molecule has 0 N–H and O–H groups in total. The largest absolute Gasteiger partial charge is 0.296 e. The standard InChI is InChI=1S/C11H15ClFNSi/c1-15(2,3)8-14-7-9-5-4-6-10(12)11(9)13/h4-7H,8H2,1-3H3/b14-7+. The Morgan fingerprint density at radius 1 is 1.40 bits per heavy atom. The van der Waals surface area contributed by atoms with Crippen LogP contribution in [0.3, 0.4) is 0 Å². The Morgan fingerprint density at radius 3 is 2.67 bits per heavy atom. The molecular formula is C11H15ClFNSi. The highest BCUT2D eigenvalue weighted by Gasteiger charge is 2.11. The van der Waals surface area contributed by atoms with E-state index in [-0.39, 0.29) is 5.02 Å². The minimum Gasteiger partial charge on any atom is -0.296 e. The number of rotatable bonds is 3. The van der Waals surface area contributed by atoms with Crippen molar-refractivity contribution in [1.82, 2.24) is 0 Å². The van der Waals surface area contributed by atoms with E-state index in [0.717, 1.165) is 6.17 Å². The number of hydrogen-bond acceptors (Lipinski definition) is 1. The van der Waals surface area contributed by atoms with Crippen LogP contribution in [-0.4, -0.2) is 20.5 Å². The molecular weight excluding hydrogens is 229 g/mol. The van der Waals surface area contributed by atoms with E-state index in [1.54, 1.807) is 18.3 Å². The van der Waals surface area contributed by atoms with Crippen LogP contribution < -0.4 is 0 Å². The molecule has 4 heteroatoms. The maximum absolute atomic E-state index is 13.4. The van der Waals surface area contributed by atoms with Crippen molar-refractivity contribution in [1.29, 1.82) is 0 Å². The van der Waals surface area contributed by atoms with E-state index in [1.165, 1.54) is 6.07 Å². The normalized spacial score (nSPS) is 12.3. The first-order valence-corrected chi connectivity index (χ1v) is 8.92. The fourth-order valence-corrected chi connectivity index (χ4v) is 1.86. The van der Waals surface area contributed by atoms with E-state index in [4.69, 9.17) is 11.6 Å². The van der Waals surface area contributed by atoms with Crippen molar-refractivity contribution in [2.24, 2.45) is 4.99 Å². The Hall–Kier alpha value is -0.673. The topological polar surface area (TPSA) is 12.4 Å². The SMILES string of the molecule is C[Si](C)(C)C/N=C/c1cccc(Cl)c1F. The fourth-order valence-electron chi connectivity index (χ4n) is 1.04. The first-order valence-electron chi connectivity index (χ1n) is 4.84.